The van der Waals surface area contributed by atoms with Gasteiger partial charge in [-0.3, -0.25) is 0 Å². The molecular weight excluding hydrogens is 373 g/mol. The Labute approximate surface area is 158 Å². The van der Waals surface area contributed by atoms with Crippen molar-refractivity contribution in [3.63, 3.8) is 0 Å². The second-order valence-electron chi connectivity index (χ2n) is 5.52. The van der Waals surface area contributed by atoms with E-state index in [-0.39, 0.29) is 11.1 Å². The zero-order valence-corrected chi connectivity index (χ0v) is 14.9. The van der Waals surface area contributed by atoms with E-state index in [1.54, 1.807) is 24.6 Å². The summed E-state index contributed by atoms with van der Waals surface area (Å²) in [6, 6.07) is 14.3. The molecule has 7 heteroatoms. The lowest BCUT2D eigenvalue weighted by Gasteiger charge is -2.09. The maximum Gasteiger partial charge on any atom is 0.416 e. The van der Waals surface area contributed by atoms with Gasteiger partial charge in [-0.05, 0) is 42.0 Å². The van der Waals surface area contributed by atoms with E-state index in [9.17, 15) is 18.4 Å². The van der Waals surface area contributed by atoms with Gasteiger partial charge in [0.1, 0.15) is 16.8 Å². The van der Waals surface area contributed by atoms with Crippen LogP contribution >= 0.6 is 11.3 Å². The number of hydrogen-bond acceptors (Lipinski definition) is 4. The van der Waals surface area contributed by atoms with E-state index >= 15 is 0 Å². The standard InChI is InChI=1S/C20H13F3N2OS/c1-26-16-8-6-13(7-9-16)18-12-27-19(25-18)15(11-24)10-14-4-2-3-5-17(14)20(21,22)23/h2-10,12H,1H3/b15-10+. The summed E-state index contributed by atoms with van der Waals surface area (Å²) in [6.45, 7) is 0. The van der Waals surface area contributed by atoms with Crippen molar-refractivity contribution in [3.05, 3.63) is 70.0 Å². The molecule has 0 aliphatic carbocycles. The molecule has 0 saturated heterocycles. The molecule has 1 aromatic heterocycles. The molecule has 3 rings (SSSR count). The van der Waals surface area contributed by atoms with Crippen molar-refractivity contribution >= 4 is 23.0 Å². The Morgan fingerprint density at radius 1 is 1.15 bits per heavy atom. The van der Waals surface area contributed by atoms with Gasteiger partial charge in [0, 0.05) is 10.9 Å². The van der Waals surface area contributed by atoms with Crippen LogP contribution in [0.25, 0.3) is 22.9 Å². The number of benzene rings is 2. The van der Waals surface area contributed by atoms with Gasteiger partial charge in [0.05, 0.1) is 23.9 Å². The number of nitrogens with zero attached hydrogens (tertiary/aromatic N) is 2. The highest BCUT2D eigenvalue weighted by atomic mass is 32.1. The van der Waals surface area contributed by atoms with Crippen molar-refractivity contribution in [2.75, 3.05) is 7.11 Å². The number of hydrogen-bond donors (Lipinski definition) is 0. The zero-order valence-electron chi connectivity index (χ0n) is 14.1. The molecule has 0 bridgehead atoms. The second kappa shape index (κ2) is 7.64. The number of halogens is 3. The highest BCUT2D eigenvalue weighted by Gasteiger charge is 2.32. The fourth-order valence-electron chi connectivity index (χ4n) is 2.47. The summed E-state index contributed by atoms with van der Waals surface area (Å²) in [6.07, 6.45) is -3.27. The first-order valence-corrected chi connectivity index (χ1v) is 8.68. The van der Waals surface area contributed by atoms with E-state index in [1.807, 2.05) is 18.2 Å². The van der Waals surface area contributed by atoms with Crippen LogP contribution in [0.5, 0.6) is 5.75 Å². The lowest BCUT2D eigenvalue weighted by Crippen LogP contribution is -2.07. The van der Waals surface area contributed by atoms with E-state index in [1.165, 1.54) is 35.6 Å². The number of methoxy groups -OCH3 is 1. The molecule has 0 spiro atoms. The first kappa shape index (κ1) is 18.7. The van der Waals surface area contributed by atoms with Crippen LogP contribution in [0.1, 0.15) is 16.1 Å². The van der Waals surface area contributed by atoms with E-state index in [2.05, 4.69) is 4.98 Å². The first-order valence-electron chi connectivity index (χ1n) is 7.80. The number of ether oxygens (including phenoxy) is 1. The van der Waals surface area contributed by atoms with Crippen molar-refractivity contribution in [3.8, 4) is 23.1 Å². The predicted octanol–water partition coefficient (Wildman–Crippen LogP) is 5.90. The number of nitriles is 1. The average Bonchev–Trinajstić information content (AvgIpc) is 3.15. The van der Waals surface area contributed by atoms with Crippen LogP contribution in [0.4, 0.5) is 13.2 Å². The molecule has 0 radical (unpaired) electrons. The molecule has 0 N–H and O–H groups in total. The largest absolute Gasteiger partial charge is 0.497 e. The average molecular weight is 386 g/mol. The van der Waals surface area contributed by atoms with Crippen LogP contribution in [0.15, 0.2) is 53.9 Å². The normalized spacial score (nSPS) is 11.9. The Balaban J connectivity index is 1.97. The van der Waals surface area contributed by atoms with Gasteiger partial charge in [0.25, 0.3) is 0 Å². The summed E-state index contributed by atoms with van der Waals surface area (Å²) < 4.78 is 44.6. The Morgan fingerprint density at radius 3 is 2.48 bits per heavy atom. The van der Waals surface area contributed by atoms with Gasteiger partial charge in [0.2, 0.25) is 0 Å². The number of rotatable bonds is 4. The van der Waals surface area contributed by atoms with E-state index in [4.69, 9.17) is 4.74 Å². The molecule has 0 fully saturated rings. The maximum absolute atomic E-state index is 13.2. The van der Waals surface area contributed by atoms with Crippen LogP contribution in [0.2, 0.25) is 0 Å². The summed E-state index contributed by atoms with van der Waals surface area (Å²) in [4.78, 5) is 4.40. The van der Waals surface area contributed by atoms with Gasteiger partial charge < -0.3 is 4.74 Å². The molecule has 136 valence electrons. The van der Waals surface area contributed by atoms with E-state index < -0.39 is 11.7 Å². The molecule has 2 aromatic carbocycles. The molecule has 0 aliphatic heterocycles. The monoisotopic (exact) mass is 386 g/mol. The van der Waals surface area contributed by atoms with Gasteiger partial charge in [0.15, 0.2) is 0 Å². The predicted molar refractivity (Wildman–Crippen MR) is 99.0 cm³/mol. The van der Waals surface area contributed by atoms with Crippen LogP contribution in [0, 0.1) is 11.3 Å². The summed E-state index contributed by atoms with van der Waals surface area (Å²) in [5.74, 6) is 0.704. The third-order valence-corrected chi connectivity index (χ3v) is 4.68. The van der Waals surface area contributed by atoms with Gasteiger partial charge >= 0.3 is 6.18 Å². The number of aromatic nitrogens is 1. The summed E-state index contributed by atoms with van der Waals surface area (Å²) in [5, 5.41) is 11.6. The van der Waals surface area contributed by atoms with Crippen molar-refractivity contribution in [1.82, 2.24) is 4.98 Å². The van der Waals surface area contributed by atoms with Crippen molar-refractivity contribution in [1.29, 1.82) is 5.26 Å². The molecule has 0 amide bonds. The smallest absolute Gasteiger partial charge is 0.416 e. The number of alkyl halides is 3. The molecular formula is C20H13F3N2OS. The van der Waals surface area contributed by atoms with E-state index in [0.717, 1.165) is 11.6 Å². The summed E-state index contributed by atoms with van der Waals surface area (Å²) in [7, 11) is 1.57. The zero-order chi connectivity index (χ0) is 19.4. The van der Waals surface area contributed by atoms with Crippen LogP contribution in [-0.4, -0.2) is 12.1 Å². The second-order valence-corrected chi connectivity index (χ2v) is 6.38. The topological polar surface area (TPSA) is 45.9 Å². The van der Waals surface area contributed by atoms with Crippen LogP contribution in [0.3, 0.4) is 0 Å². The number of allylic oxidation sites excluding steroid dienone is 1. The first-order chi connectivity index (χ1) is 12.9. The van der Waals surface area contributed by atoms with Gasteiger partial charge in [-0.25, -0.2) is 4.98 Å². The molecule has 0 saturated carbocycles. The minimum atomic E-state index is -4.50. The highest BCUT2D eigenvalue weighted by molar-refractivity contribution is 7.11. The Bertz CT molecular complexity index is 1010. The number of thiazole rings is 1. The van der Waals surface area contributed by atoms with Crippen LogP contribution in [-0.2, 0) is 6.18 Å². The fraction of sp³-hybridized carbons (Fsp3) is 0.100. The third kappa shape index (κ3) is 4.18. The van der Waals surface area contributed by atoms with Crippen molar-refractivity contribution in [2.45, 2.75) is 6.18 Å². The third-order valence-electron chi connectivity index (χ3n) is 3.81. The molecule has 1 heterocycles. The molecule has 0 atom stereocenters. The summed E-state index contributed by atoms with van der Waals surface area (Å²) >= 11 is 1.21. The van der Waals surface area contributed by atoms with Crippen molar-refractivity contribution in [2.24, 2.45) is 0 Å². The lowest BCUT2D eigenvalue weighted by atomic mass is 10.0. The van der Waals surface area contributed by atoms with Crippen LogP contribution < -0.4 is 4.74 Å². The maximum atomic E-state index is 13.2. The molecule has 0 unspecified atom stereocenters. The van der Waals surface area contributed by atoms with Gasteiger partial charge in [-0.1, -0.05) is 18.2 Å². The summed E-state index contributed by atoms with van der Waals surface area (Å²) in [5.41, 5.74) is 0.693. The minimum absolute atomic E-state index is 0.0669. The SMILES string of the molecule is COc1ccc(-c2csc(/C(C#N)=C/c3ccccc3C(F)(F)F)n2)cc1. The van der Waals surface area contributed by atoms with Crippen molar-refractivity contribution < 1.29 is 17.9 Å². The van der Waals surface area contributed by atoms with Gasteiger partial charge in [-0.15, -0.1) is 11.3 Å². The fourth-order valence-corrected chi connectivity index (χ4v) is 3.26. The molecule has 0 aliphatic rings. The van der Waals surface area contributed by atoms with E-state index in [0.29, 0.717) is 16.5 Å². The highest BCUT2D eigenvalue weighted by Crippen LogP contribution is 2.34. The quantitative estimate of drug-likeness (QED) is 0.524. The molecule has 3 aromatic rings. The Hall–Kier alpha value is -3.11. The Morgan fingerprint density at radius 2 is 1.85 bits per heavy atom. The Kier molecular flexibility index (Phi) is 5.28. The minimum Gasteiger partial charge on any atom is -0.497 e. The lowest BCUT2D eigenvalue weighted by molar-refractivity contribution is -0.137. The molecule has 3 nitrogen and oxygen atoms in total. The molecule has 27 heavy (non-hydrogen) atoms. The van der Waals surface area contributed by atoms with Gasteiger partial charge in [-0.2, -0.15) is 18.4 Å².